The third-order valence-electron chi connectivity index (χ3n) is 3.77. The maximum absolute atomic E-state index is 11.1. The van der Waals surface area contributed by atoms with Crippen LogP contribution in [0.1, 0.15) is 32.6 Å². The summed E-state index contributed by atoms with van der Waals surface area (Å²) in [7, 11) is 1.35. The fraction of sp³-hybridized carbons (Fsp3) is 0.750. The van der Waals surface area contributed by atoms with E-state index in [1.54, 1.807) is 0 Å². The molecule has 0 spiro atoms. The summed E-state index contributed by atoms with van der Waals surface area (Å²) in [6.07, 6.45) is 4.45. The zero-order chi connectivity index (χ0) is 11.8. The van der Waals surface area contributed by atoms with Crippen molar-refractivity contribution in [1.82, 2.24) is 0 Å². The molecule has 1 N–H and O–H groups in total. The summed E-state index contributed by atoms with van der Waals surface area (Å²) in [6.45, 7) is 2.03. The highest BCUT2D eigenvalue weighted by molar-refractivity contribution is 5.82. The van der Waals surface area contributed by atoms with E-state index < -0.39 is 5.97 Å². The summed E-state index contributed by atoms with van der Waals surface area (Å²) in [5.41, 5.74) is -0.238. The Labute approximate surface area is 95.2 Å². The van der Waals surface area contributed by atoms with Gasteiger partial charge in [-0.25, -0.2) is 4.79 Å². The molecule has 2 rings (SSSR count). The Morgan fingerprint density at radius 3 is 3.00 bits per heavy atom. The largest absolute Gasteiger partial charge is 0.494 e. The first-order chi connectivity index (χ1) is 7.56. The maximum Gasteiger partial charge on any atom is 0.333 e. The quantitative estimate of drug-likeness (QED) is 0.542. The third-order valence-corrected chi connectivity index (χ3v) is 3.77. The van der Waals surface area contributed by atoms with Crippen molar-refractivity contribution in [2.24, 2.45) is 5.41 Å². The molecular formula is C12H18O4. The van der Waals surface area contributed by atoms with Crippen molar-refractivity contribution in [1.29, 1.82) is 0 Å². The van der Waals surface area contributed by atoms with E-state index in [0.717, 1.165) is 19.3 Å². The van der Waals surface area contributed by atoms with E-state index in [2.05, 4.69) is 4.74 Å². The molecule has 16 heavy (non-hydrogen) atoms. The summed E-state index contributed by atoms with van der Waals surface area (Å²) < 4.78 is 10.3. The fourth-order valence-corrected chi connectivity index (χ4v) is 2.67. The molecule has 0 unspecified atom stereocenters. The van der Waals surface area contributed by atoms with Crippen LogP contribution in [0.3, 0.4) is 0 Å². The number of hydrogen-bond donors (Lipinski definition) is 1. The molecule has 0 aromatic heterocycles. The van der Waals surface area contributed by atoms with Crippen molar-refractivity contribution in [2.45, 2.75) is 44.8 Å². The Hall–Kier alpha value is -1.03. The minimum atomic E-state index is -0.397. The van der Waals surface area contributed by atoms with Crippen LogP contribution < -0.4 is 0 Å². The zero-order valence-electron chi connectivity index (χ0n) is 9.73. The normalized spacial score (nSPS) is 40.3. The summed E-state index contributed by atoms with van der Waals surface area (Å²) in [6, 6.07) is 0. The van der Waals surface area contributed by atoms with Crippen LogP contribution in [0.2, 0.25) is 0 Å². The Kier molecular flexibility index (Phi) is 2.93. The molecule has 4 nitrogen and oxygen atoms in total. The lowest BCUT2D eigenvalue weighted by Gasteiger charge is -2.38. The number of esters is 1. The van der Waals surface area contributed by atoms with Crippen LogP contribution in [0.4, 0.5) is 0 Å². The summed E-state index contributed by atoms with van der Waals surface area (Å²) >= 11 is 0. The molecule has 2 aliphatic rings. The molecule has 0 aromatic carbocycles. The topological polar surface area (TPSA) is 55.8 Å². The average Bonchev–Trinajstić information content (AvgIpc) is 2.57. The van der Waals surface area contributed by atoms with Gasteiger partial charge in [-0.3, -0.25) is 0 Å². The molecule has 1 saturated carbocycles. The van der Waals surface area contributed by atoms with E-state index in [9.17, 15) is 9.90 Å². The van der Waals surface area contributed by atoms with E-state index in [-0.39, 0.29) is 17.6 Å². The van der Waals surface area contributed by atoms with Gasteiger partial charge in [-0.2, -0.15) is 0 Å². The maximum atomic E-state index is 11.1. The highest BCUT2D eigenvalue weighted by Gasteiger charge is 2.50. The van der Waals surface area contributed by atoms with Crippen LogP contribution in [0.25, 0.3) is 0 Å². The van der Waals surface area contributed by atoms with Crippen molar-refractivity contribution in [3.8, 4) is 0 Å². The minimum Gasteiger partial charge on any atom is -0.494 e. The van der Waals surface area contributed by atoms with E-state index in [4.69, 9.17) is 4.74 Å². The summed E-state index contributed by atoms with van der Waals surface area (Å²) in [4.78, 5) is 11.1. The first-order valence-electron chi connectivity index (χ1n) is 5.69. The highest BCUT2D eigenvalue weighted by atomic mass is 16.5. The number of hydrogen-bond acceptors (Lipinski definition) is 4. The number of rotatable bonds is 1. The molecule has 1 saturated heterocycles. The number of ether oxygens (including phenoxy) is 2. The predicted molar refractivity (Wildman–Crippen MR) is 57.6 cm³/mol. The lowest BCUT2D eigenvalue weighted by atomic mass is 9.70. The molecule has 2 fully saturated rings. The van der Waals surface area contributed by atoms with Crippen LogP contribution in [0.15, 0.2) is 11.8 Å². The lowest BCUT2D eigenvalue weighted by molar-refractivity contribution is -0.135. The van der Waals surface area contributed by atoms with Crippen LogP contribution >= 0.6 is 0 Å². The average molecular weight is 226 g/mol. The van der Waals surface area contributed by atoms with Gasteiger partial charge in [-0.05, 0) is 19.3 Å². The summed E-state index contributed by atoms with van der Waals surface area (Å²) in [5.74, 6) is 0.243. The Balaban J connectivity index is 2.15. The van der Waals surface area contributed by atoms with E-state index in [0.29, 0.717) is 12.2 Å². The van der Waals surface area contributed by atoms with Crippen molar-refractivity contribution >= 4 is 5.97 Å². The molecule has 1 aliphatic carbocycles. The minimum absolute atomic E-state index is 0.0344. The summed E-state index contributed by atoms with van der Waals surface area (Å²) in [5, 5.41) is 10.0. The fourth-order valence-electron chi connectivity index (χ4n) is 2.67. The van der Waals surface area contributed by atoms with E-state index >= 15 is 0 Å². The van der Waals surface area contributed by atoms with Gasteiger partial charge < -0.3 is 14.6 Å². The number of aliphatic hydroxyl groups excluding tert-OH is 1. The SMILES string of the molecule is COC(=O)/C=C1\C[C@@]2(C)[C@H](O)CCC[C@H]2O1. The second kappa shape index (κ2) is 4.09. The molecular weight excluding hydrogens is 208 g/mol. The van der Waals surface area contributed by atoms with Gasteiger partial charge in [0.25, 0.3) is 0 Å². The predicted octanol–water partition coefficient (Wildman–Crippen LogP) is 1.38. The monoisotopic (exact) mass is 226 g/mol. The first-order valence-corrected chi connectivity index (χ1v) is 5.69. The highest BCUT2D eigenvalue weighted by Crippen LogP contribution is 2.49. The number of carbonyl (C=O) groups excluding carboxylic acids is 1. The number of methoxy groups -OCH3 is 1. The molecule has 0 amide bonds. The molecule has 90 valence electrons. The Bertz CT molecular complexity index is 323. The van der Waals surface area contributed by atoms with Gasteiger partial charge in [0.2, 0.25) is 0 Å². The molecule has 3 atom stereocenters. The smallest absolute Gasteiger partial charge is 0.333 e. The van der Waals surface area contributed by atoms with Gasteiger partial charge in [0.05, 0.1) is 19.3 Å². The van der Waals surface area contributed by atoms with E-state index in [1.807, 2.05) is 6.92 Å². The van der Waals surface area contributed by atoms with Gasteiger partial charge in [0.15, 0.2) is 0 Å². The molecule has 4 heteroatoms. The van der Waals surface area contributed by atoms with Gasteiger partial charge in [-0.1, -0.05) is 6.92 Å². The number of allylic oxidation sites excluding steroid dienone is 1. The Morgan fingerprint density at radius 1 is 1.62 bits per heavy atom. The standard InChI is InChI=1S/C12H18O4/c1-12-7-8(6-11(14)15-2)16-10(12)5-3-4-9(12)13/h6,9-10,13H,3-5,7H2,1-2H3/b8-6+/t9-,10-,12+/m1/s1. The van der Waals surface area contributed by atoms with Gasteiger partial charge in [0, 0.05) is 11.8 Å². The van der Waals surface area contributed by atoms with Crippen molar-refractivity contribution in [2.75, 3.05) is 7.11 Å². The van der Waals surface area contributed by atoms with Crippen LogP contribution in [0, 0.1) is 5.41 Å². The first kappa shape index (κ1) is 11.5. The molecule has 0 bridgehead atoms. The second-order valence-electron chi connectivity index (χ2n) is 4.87. The van der Waals surface area contributed by atoms with E-state index in [1.165, 1.54) is 13.2 Å². The van der Waals surface area contributed by atoms with Crippen molar-refractivity contribution in [3.05, 3.63) is 11.8 Å². The van der Waals surface area contributed by atoms with Gasteiger partial charge in [0.1, 0.15) is 11.9 Å². The third kappa shape index (κ3) is 1.82. The zero-order valence-corrected chi connectivity index (χ0v) is 9.73. The van der Waals surface area contributed by atoms with Gasteiger partial charge >= 0.3 is 5.97 Å². The molecule has 0 radical (unpaired) electrons. The number of fused-ring (bicyclic) bond motifs is 1. The number of carbonyl (C=O) groups is 1. The van der Waals surface area contributed by atoms with Crippen LogP contribution in [0.5, 0.6) is 0 Å². The lowest BCUT2D eigenvalue weighted by Crippen LogP contribution is -2.42. The number of aliphatic hydroxyl groups is 1. The van der Waals surface area contributed by atoms with Crippen LogP contribution in [-0.2, 0) is 14.3 Å². The second-order valence-corrected chi connectivity index (χ2v) is 4.87. The van der Waals surface area contributed by atoms with Crippen LogP contribution in [-0.4, -0.2) is 30.4 Å². The van der Waals surface area contributed by atoms with Gasteiger partial charge in [-0.15, -0.1) is 0 Å². The Morgan fingerprint density at radius 2 is 2.38 bits per heavy atom. The van der Waals surface area contributed by atoms with Crippen molar-refractivity contribution < 1.29 is 19.4 Å². The molecule has 1 heterocycles. The van der Waals surface area contributed by atoms with Crippen molar-refractivity contribution in [3.63, 3.8) is 0 Å². The molecule has 1 aliphatic heterocycles. The molecule has 0 aromatic rings.